The highest BCUT2D eigenvalue weighted by Crippen LogP contribution is 2.22. The van der Waals surface area contributed by atoms with E-state index in [1.165, 1.54) is 10.4 Å². The van der Waals surface area contributed by atoms with Gasteiger partial charge in [-0.2, -0.15) is 0 Å². The quantitative estimate of drug-likeness (QED) is 0.779. The zero-order valence-electron chi connectivity index (χ0n) is 10.4. The molecule has 2 heterocycles. The summed E-state index contributed by atoms with van der Waals surface area (Å²) in [5.74, 6) is 0.581. The number of aromatic nitrogens is 2. The van der Waals surface area contributed by atoms with Gasteiger partial charge in [-0.05, 0) is 31.9 Å². The fourth-order valence-electron chi connectivity index (χ4n) is 1.73. The van der Waals surface area contributed by atoms with Crippen LogP contribution in [0.5, 0.6) is 0 Å². The van der Waals surface area contributed by atoms with E-state index in [-0.39, 0.29) is 5.78 Å². The monoisotopic (exact) mass is 248 g/mol. The number of carbonyl (C=O) groups is 1. The zero-order valence-corrected chi connectivity index (χ0v) is 11.2. The van der Waals surface area contributed by atoms with E-state index in [0.29, 0.717) is 5.82 Å². The Bertz CT molecular complexity index is 520. The van der Waals surface area contributed by atoms with Gasteiger partial charge in [-0.25, -0.2) is 4.98 Å². The highest BCUT2D eigenvalue weighted by Gasteiger charge is 2.17. The molecule has 2 aromatic heterocycles. The lowest BCUT2D eigenvalue weighted by atomic mass is 10.2. The van der Waals surface area contributed by atoms with E-state index in [2.05, 4.69) is 11.9 Å². The average molecular weight is 248 g/mol. The Morgan fingerprint density at radius 2 is 2.24 bits per heavy atom. The number of aryl methyl sites for hydroxylation is 3. The summed E-state index contributed by atoms with van der Waals surface area (Å²) < 4.78 is 1.92. The minimum Gasteiger partial charge on any atom is -0.328 e. The molecule has 0 aliphatic carbocycles. The topological polar surface area (TPSA) is 34.9 Å². The van der Waals surface area contributed by atoms with Crippen molar-refractivity contribution < 1.29 is 4.79 Å². The first kappa shape index (κ1) is 12.0. The minimum absolute atomic E-state index is 0.0321. The molecule has 4 heteroatoms. The molecule has 17 heavy (non-hydrogen) atoms. The van der Waals surface area contributed by atoms with Crippen molar-refractivity contribution in [2.75, 3.05) is 0 Å². The Kier molecular flexibility index (Phi) is 3.43. The van der Waals surface area contributed by atoms with Gasteiger partial charge in [-0.3, -0.25) is 4.79 Å². The summed E-state index contributed by atoms with van der Waals surface area (Å²) in [6.45, 7) is 6.99. The molecule has 0 saturated heterocycles. The molecule has 0 amide bonds. The number of hydrogen-bond acceptors (Lipinski definition) is 3. The summed E-state index contributed by atoms with van der Waals surface area (Å²) in [6.07, 6.45) is 4.55. The van der Waals surface area contributed by atoms with Crippen LogP contribution in [-0.2, 0) is 6.54 Å². The van der Waals surface area contributed by atoms with Crippen molar-refractivity contribution in [1.82, 2.24) is 9.55 Å². The van der Waals surface area contributed by atoms with Crippen molar-refractivity contribution in [3.63, 3.8) is 0 Å². The molecule has 90 valence electrons. The van der Waals surface area contributed by atoms with Gasteiger partial charge in [0.1, 0.15) is 0 Å². The molecular weight excluding hydrogens is 232 g/mol. The number of nitrogens with zero attached hydrogens (tertiary/aromatic N) is 2. The van der Waals surface area contributed by atoms with E-state index < -0.39 is 0 Å². The summed E-state index contributed by atoms with van der Waals surface area (Å²) in [5.41, 5.74) is 1.17. The average Bonchev–Trinajstić information content (AvgIpc) is 2.87. The van der Waals surface area contributed by atoms with Crippen molar-refractivity contribution in [1.29, 1.82) is 0 Å². The van der Waals surface area contributed by atoms with E-state index in [1.807, 2.05) is 30.7 Å². The van der Waals surface area contributed by atoms with Crippen LogP contribution in [0.3, 0.4) is 0 Å². The number of ketones is 1. The van der Waals surface area contributed by atoms with E-state index in [4.69, 9.17) is 0 Å². The molecule has 0 atom stereocenters. The normalized spacial score (nSPS) is 10.8. The third kappa shape index (κ3) is 2.31. The van der Waals surface area contributed by atoms with Gasteiger partial charge in [0.05, 0.1) is 4.88 Å². The molecule has 0 aliphatic heterocycles. The third-order valence-electron chi connectivity index (χ3n) is 2.77. The second-order valence-corrected chi connectivity index (χ2v) is 5.38. The Morgan fingerprint density at radius 3 is 2.82 bits per heavy atom. The molecular formula is C13H16N2OS. The Morgan fingerprint density at radius 1 is 1.47 bits per heavy atom. The Hall–Kier alpha value is -1.42. The highest BCUT2D eigenvalue weighted by molar-refractivity contribution is 7.14. The molecule has 2 aromatic rings. The maximum Gasteiger partial charge on any atom is 0.238 e. The smallest absolute Gasteiger partial charge is 0.238 e. The van der Waals surface area contributed by atoms with Crippen molar-refractivity contribution in [2.24, 2.45) is 0 Å². The molecule has 0 radical (unpaired) electrons. The fourth-order valence-corrected chi connectivity index (χ4v) is 2.70. The van der Waals surface area contributed by atoms with Crippen molar-refractivity contribution >= 4 is 17.1 Å². The first-order valence-electron chi connectivity index (χ1n) is 5.76. The molecule has 0 spiro atoms. The number of rotatable bonds is 4. The predicted molar refractivity (Wildman–Crippen MR) is 69.7 cm³/mol. The number of hydrogen-bond donors (Lipinski definition) is 0. The lowest BCUT2D eigenvalue weighted by Crippen LogP contribution is -2.10. The highest BCUT2D eigenvalue weighted by atomic mass is 32.1. The van der Waals surface area contributed by atoms with Crippen LogP contribution in [0.15, 0.2) is 18.5 Å². The molecule has 3 nitrogen and oxygen atoms in total. The summed E-state index contributed by atoms with van der Waals surface area (Å²) in [4.78, 5) is 18.4. The molecule has 0 aliphatic rings. The van der Waals surface area contributed by atoms with Crippen LogP contribution in [0.1, 0.15) is 39.3 Å². The van der Waals surface area contributed by atoms with Crippen LogP contribution in [0.25, 0.3) is 0 Å². The molecule has 0 fully saturated rings. The van der Waals surface area contributed by atoms with Crippen LogP contribution >= 0.6 is 11.3 Å². The first-order valence-corrected chi connectivity index (χ1v) is 6.58. The van der Waals surface area contributed by atoms with E-state index >= 15 is 0 Å². The van der Waals surface area contributed by atoms with Gasteiger partial charge in [0.15, 0.2) is 5.82 Å². The molecule has 2 rings (SSSR count). The SMILES string of the molecule is CCCn1ccnc1C(=O)c1cc(C)c(C)s1. The second-order valence-electron chi connectivity index (χ2n) is 4.12. The van der Waals surface area contributed by atoms with E-state index in [1.54, 1.807) is 17.5 Å². The molecule has 0 saturated carbocycles. The number of thiophene rings is 1. The Balaban J connectivity index is 2.33. The van der Waals surface area contributed by atoms with Crippen LogP contribution < -0.4 is 0 Å². The largest absolute Gasteiger partial charge is 0.328 e. The van der Waals surface area contributed by atoms with Crippen LogP contribution in [0, 0.1) is 13.8 Å². The van der Waals surface area contributed by atoms with Gasteiger partial charge in [0.2, 0.25) is 5.78 Å². The fraction of sp³-hybridized carbons (Fsp3) is 0.385. The van der Waals surface area contributed by atoms with Crippen LogP contribution in [0.4, 0.5) is 0 Å². The van der Waals surface area contributed by atoms with Gasteiger partial charge in [0, 0.05) is 23.8 Å². The predicted octanol–water partition coefficient (Wildman–Crippen LogP) is 3.20. The third-order valence-corrected chi connectivity index (χ3v) is 3.92. The molecule has 0 unspecified atom stereocenters. The zero-order chi connectivity index (χ0) is 12.4. The summed E-state index contributed by atoms with van der Waals surface area (Å²) in [6, 6.07) is 1.95. The van der Waals surface area contributed by atoms with Crippen molar-refractivity contribution in [3.8, 4) is 0 Å². The van der Waals surface area contributed by atoms with Gasteiger partial charge < -0.3 is 4.57 Å². The second kappa shape index (κ2) is 4.84. The van der Waals surface area contributed by atoms with Gasteiger partial charge in [-0.1, -0.05) is 6.92 Å². The number of imidazole rings is 1. The van der Waals surface area contributed by atoms with Crippen molar-refractivity contribution in [3.05, 3.63) is 39.6 Å². The number of carbonyl (C=O) groups excluding carboxylic acids is 1. The molecule has 0 N–H and O–H groups in total. The minimum atomic E-state index is 0.0321. The Labute approximate surface area is 105 Å². The molecule has 0 aromatic carbocycles. The molecule has 0 bridgehead atoms. The van der Waals surface area contributed by atoms with E-state index in [0.717, 1.165) is 17.8 Å². The summed E-state index contributed by atoms with van der Waals surface area (Å²) in [5, 5.41) is 0. The maximum absolute atomic E-state index is 12.3. The van der Waals surface area contributed by atoms with Crippen LogP contribution in [0.2, 0.25) is 0 Å². The van der Waals surface area contributed by atoms with Gasteiger partial charge >= 0.3 is 0 Å². The van der Waals surface area contributed by atoms with Gasteiger partial charge in [-0.15, -0.1) is 11.3 Å². The lowest BCUT2D eigenvalue weighted by Gasteiger charge is -2.03. The van der Waals surface area contributed by atoms with E-state index in [9.17, 15) is 4.79 Å². The standard InChI is InChI=1S/C13H16N2OS/c1-4-6-15-7-5-14-13(15)12(16)11-8-9(2)10(3)17-11/h5,7-8H,4,6H2,1-3H3. The first-order chi connectivity index (χ1) is 8.13. The maximum atomic E-state index is 12.3. The van der Waals surface area contributed by atoms with Crippen LogP contribution in [-0.4, -0.2) is 15.3 Å². The summed E-state index contributed by atoms with van der Waals surface area (Å²) in [7, 11) is 0. The van der Waals surface area contributed by atoms with Gasteiger partial charge in [0.25, 0.3) is 0 Å². The van der Waals surface area contributed by atoms with Crippen molar-refractivity contribution in [2.45, 2.75) is 33.7 Å². The summed E-state index contributed by atoms with van der Waals surface area (Å²) >= 11 is 1.54. The lowest BCUT2D eigenvalue weighted by molar-refractivity contribution is 0.102.